The Hall–Kier alpha value is -2.73. The van der Waals surface area contributed by atoms with Crippen LogP contribution in [0.2, 0.25) is 0 Å². The van der Waals surface area contributed by atoms with Crippen molar-refractivity contribution < 1.29 is 14.7 Å². The third-order valence-corrected chi connectivity index (χ3v) is 4.20. The Kier molecular flexibility index (Phi) is 3.60. The molecule has 0 bridgehead atoms. The summed E-state index contributed by atoms with van der Waals surface area (Å²) in [6.45, 7) is -0.384. The second-order valence-corrected chi connectivity index (χ2v) is 5.72. The summed E-state index contributed by atoms with van der Waals surface area (Å²) in [5, 5.41) is 8.85. The summed E-state index contributed by atoms with van der Waals surface area (Å²) in [6.07, 6.45) is 0. The molecule has 6 heteroatoms. The van der Waals surface area contributed by atoms with Crippen LogP contribution in [0.5, 0.6) is 0 Å². The van der Waals surface area contributed by atoms with Gasteiger partial charge in [-0.15, -0.1) is 0 Å². The third kappa shape index (κ3) is 2.56. The number of carbonyl (C=O) groups is 2. The van der Waals surface area contributed by atoms with Gasteiger partial charge in [0.1, 0.15) is 6.54 Å². The predicted molar refractivity (Wildman–Crippen MR) is 83.6 cm³/mol. The maximum absolute atomic E-state index is 12.4. The number of benzene rings is 2. The van der Waals surface area contributed by atoms with E-state index in [0.29, 0.717) is 21.3 Å². The van der Waals surface area contributed by atoms with Gasteiger partial charge < -0.3 is 5.11 Å². The maximum Gasteiger partial charge on any atom is 0.323 e. The average Bonchev–Trinajstić information content (AvgIpc) is 2.82. The Balaban J connectivity index is 2.06. The van der Waals surface area contributed by atoms with Gasteiger partial charge in [-0.3, -0.25) is 19.0 Å². The largest absolute Gasteiger partial charge is 0.480 e. The second kappa shape index (κ2) is 5.57. The van der Waals surface area contributed by atoms with Crippen molar-refractivity contribution in [2.24, 2.45) is 0 Å². The van der Waals surface area contributed by atoms with Crippen molar-refractivity contribution >= 4 is 33.3 Å². The molecule has 3 aromatic rings. The molecule has 0 saturated carbocycles. The van der Waals surface area contributed by atoms with E-state index in [4.69, 9.17) is 5.11 Å². The zero-order chi connectivity index (χ0) is 15.7. The van der Waals surface area contributed by atoms with Crippen LogP contribution in [-0.2, 0) is 11.3 Å². The lowest BCUT2D eigenvalue weighted by Gasteiger charge is -2.03. The number of aromatic nitrogens is 1. The van der Waals surface area contributed by atoms with Gasteiger partial charge in [0.2, 0.25) is 0 Å². The number of fused-ring (bicyclic) bond motifs is 1. The van der Waals surface area contributed by atoms with Crippen molar-refractivity contribution in [3.05, 3.63) is 69.3 Å². The predicted octanol–water partition coefficient (Wildman–Crippen LogP) is 2.38. The molecule has 110 valence electrons. The van der Waals surface area contributed by atoms with Gasteiger partial charge in [0.05, 0.1) is 10.2 Å². The lowest BCUT2D eigenvalue weighted by Crippen LogP contribution is -2.18. The van der Waals surface area contributed by atoms with Crippen LogP contribution in [0.4, 0.5) is 0 Å². The molecule has 1 heterocycles. The fourth-order valence-electron chi connectivity index (χ4n) is 2.25. The number of carbonyl (C=O) groups excluding carboxylic acids is 1. The number of hydrogen-bond acceptors (Lipinski definition) is 4. The fraction of sp³-hybridized carbons (Fsp3) is 0.0625. The smallest absolute Gasteiger partial charge is 0.323 e. The minimum Gasteiger partial charge on any atom is -0.480 e. The highest BCUT2D eigenvalue weighted by Gasteiger charge is 2.14. The first-order valence-electron chi connectivity index (χ1n) is 6.51. The van der Waals surface area contributed by atoms with Crippen molar-refractivity contribution in [3.63, 3.8) is 0 Å². The van der Waals surface area contributed by atoms with Gasteiger partial charge in [0.25, 0.3) is 0 Å². The summed E-state index contributed by atoms with van der Waals surface area (Å²) in [5.41, 5.74) is 1.57. The zero-order valence-corrected chi connectivity index (χ0v) is 12.2. The molecule has 0 radical (unpaired) electrons. The molecule has 5 nitrogen and oxygen atoms in total. The topological polar surface area (TPSA) is 76.4 Å². The van der Waals surface area contributed by atoms with Crippen molar-refractivity contribution in [3.8, 4) is 0 Å². The number of carboxylic acids is 1. The minimum atomic E-state index is -1.08. The highest BCUT2D eigenvalue weighted by Crippen LogP contribution is 2.21. The van der Waals surface area contributed by atoms with Gasteiger partial charge in [-0.2, -0.15) is 0 Å². The fourth-order valence-corrected chi connectivity index (χ4v) is 3.18. The van der Waals surface area contributed by atoms with Gasteiger partial charge in [0, 0.05) is 11.1 Å². The Labute approximate surface area is 129 Å². The van der Waals surface area contributed by atoms with E-state index in [0.717, 1.165) is 11.3 Å². The zero-order valence-electron chi connectivity index (χ0n) is 11.4. The third-order valence-electron chi connectivity index (χ3n) is 3.26. The van der Waals surface area contributed by atoms with Gasteiger partial charge in [0.15, 0.2) is 5.78 Å². The average molecular weight is 313 g/mol. The van der Waals surface area contributed by atoms with Crippen LogP contribution in [0.15, 0.2) is 53.3 Å². The molecular weight excluding hydrogens is 302 g/mol. The summed E-state index contributed by atoms with van der Waals surface area (Å²) in [6, 6.07) is 13.7. The monoisotopic (exact) mass is 313 g/mol. The van der Waals surface area contributed by atoms with E-state index >= 15 is 0 Å². The highest BCUT2D eigenvalue weighted by molar-refractivity contribution is 7.16. The molecule has 0 fully saturated rings. The van der Waals surface area contributed by atoms with Crippen molar-refractivity contribution in [2.75, 3.05) is 0 Å². The Morgan fingerprint density at radius 3 is 2.45 bits per heavy atom. The highest BCUT2D eigenvalue weighted by atomic mass is 32.1. The molecule has 22 heavy (non-hydrogen) atoms. The van der Waals surface area contributed by atoms with Gasteiger partial charge >= 0.3 is 10.8 Å². The molecule has 0 spiro atoms. The lowest BCUT2D eigenvalue weighted by atomic mass is 10.0. The number of aliphatic carboxylic acids is 1. The molecular formula is C16H11NO4S. The van der Waals surface area contributed by atoms with Crippen LogP contribution in [0.25, 0.3) is 10.2 Å². The van der Waals surface area contributed by atoms with E-state index < -0.39 is 5.97 Å². The number of ketones is 1. The molecule has 0 aliphatic heterocycles. The first-order chi connectivity index (χ1) is 10.6. The van der Waals surface area contributed by atoms with E-state index in [1.165, 1.54) is 4.57 Å². The van der Waals surface area contributed by atoms with Crippen LogP contribution in [-0.4, -0.2) is 21.4 Å². The van der Waals surface area contributed by atoms with E-state index in [1.807, 2.05) is 6.07 Å². The molecule has 0 aliphatic carbocycles. The normalized spacial score (nSPS) is 10.7. The number of carboxylic acid groups (broad SMARTS) is 1. The summed E-state index contributed by atoms with van der Waals surface area (Å²) < 4.78 is 1.80. The molecule has 1 aromatic heterocycles. The van der Waals surface area contributed by atoms with Gasteiger partial charge in [-0.25, -0.2) is 0 Å². The summed E-state index contributed by atoms with van der Waals surface area (Å²) >= 11 is 0.939. The number of thiazole rings is 1. The van der Waals surface area contributed by atoms with E-state index in [1.54, 1.807) is 42.5 Å². The summed E-state index contributed by atoms with van der Waals surface area (Å²) in [7, 11) is 0. The molecule has 0 saturated heterocycles. The first kappa shape index (κ1) is 14.2. The van der Waals surface area contributed by atoms with Crippen molar-refractivity contribution in [2.45, 2.75) is 6.54 Å². The van der Waals surface area contributed by atoms with E-state index in [-0.39, 0.29) is 17.2 Å². The summed E-state index contributed by atoms with van der Waals surface area (Å²) in [5.74, 6) is -1.21. The van der Waals surface area contributed by atoms with E-state index in [9.17, 15) is 14.4 Å². The Bertz CT molecular complexity index is 924. The van der Waals surface area contributed by atoms with Crippen LogP contribution < -0.4 is 4.87 Å². The number of rotatable bonds is 4. The first-order valence-corrected chi connectivity index (χ1v) is 7.33. The maximum atomic E-state index is 12.4. The number of nitrogens with zero attached hydrogens (tertiary/aromatic N) is 1. The molecule has 2 aromatic carbocycles. The Morgan fingerprint density at radius 1 is 1.05 bits per heavy atom. The Morgan fingerprint density at radius 2 is 1.77 bits per heavy atom. The van der Waals surface area contributed by atoms with E-state index in [2.05, 4.69) is 0 Å². The standard InChI is InChI=1S/C16H11NO4S/c18-14(19)9-17-12-7-6-11(8-13(12)22-16(17)21)15(20)10-4-2-1-3-5-10/h1-8H,9H2,(H,18,19). The molecule has 0 amide bonds. The molecule has 0 atom stereocenters. The van der Waals surface area contributed by atoms with Gasteiger partial charge in [-0.05, 0) is 18.2 Å². The van der Waals surface area contributed by atoms with Crippen molar-refractivity contribution in [1.82, 2.24) is 4.57 Å². The molecule has 0 unspecified atom stereocenters. The minimum absolute atomic E-state index is 0.131. The number of hydrogen-bond donors (Lipinski definition) is 1. The van der Waals surface area contributed by atoms with Crippen LogP contribution >= 0.6 is 11.3 Å². The quantitative estimate of drug-likeness (QED) is 0.750. The van der Waals surface area contributed by atoms with Crippen LogP contribution in [0.1, 0.15) is 15.9 Å². The lowest BCUT2D eigenvalue weighted by molar-refractivity contribution is -0.137. The second-order valence-electron chi connectivity index (χ2n) is 4.73. The van der Waals surface area contributed by atoms with Gasteiger partial charge in [-0.1, -0.05) is 41.7 Å². The summed E-state index contributed by atoms with van der Waals surface area (Å²) in [4.78, 5) is 34.7. The van der Waals surface area contributed by atoms with Crippen LogP contribution in [0.3, 0.4) is 0 Å². The van der Waals surface area contributed by atoms with Crippen LogP contribution in [0, 0.1) is 0 Å². The van der Waals surface area contributed by atoms with Crippen molar-refractivity contribution in [1.29, 1.82) is 0 Å². The molecule has 1 N–H and O–H groups in total. The SMILES string of the molecule is O=C(O)Cn1c(=O)sc2cc(C(=O)c3ccccc3)ccc21. The molecule has 3 rings (SSSR count). The molecule has 0 aliphatic rings.